The van der Waals surface area contributed by atoms with E-state index in [4.69, 9.17) is 23.2 Å². The molecule has 1 atom stereocenters. The first-order valence-corrected chi connectivity index (χ1v) is 8.43. The molecule has 0 spiro atoms. The van der Waals surface area contributed by atoms with Crippen LogP contribution in [0.3, 0.4) is 0 Å². The van der Waals surface area contributed by atoms with E-state index < -0.39 is 0 Å². The van der Waals surface area contributed by atoms with Crippen molar-refractivity contribution in [2.45, 2.75) is 32.2 Å². The lowest BCUT2D eigenvalue weighted by Crippen LogP contribution is -2.17. The van der Waals surface area contributed by atoms with Gasteiger partial charge in [0, 0.05) is 5.56 Å². The van der Waals surface area contributed by atoms with Crippen molar-refractivity contribution in [2.75, 3.05) is 7.05 Å². The molecule has 0 amide bonds. The number of thiophene rings is 1. The highest BCUT2D eigenvalue weighted by molar-refractivity contribution is 7.20. The predicted molar refractivity (Wildman–Crippen MR) is 90.3 cm³/mol. The predicted octanol–water partition coefficient (Wildman–Crippen LogP) is 5.71. The Morgan fingerprint density at radius 1 is 1.20 bits per heavy atom. The molecule has 0 fully saturated rings. The molecule has 1 N–H and O–H groups in total. The molecule has 20 heavy (non-hydrogen) atoms. The van der Waals surface area contributed by atoms with Gasteiger partial charge in [0.25, 0.3) is 0 Å². The minimum Gasteiger partial charge on any atom is -0.309 e. The molecule has 2 aromatic rings. The number of nitrogens with one attached hydrogen (secondary N) is 1. The molecule has 1 aromatic heterocycles. The van der Waals surface area contributed by atoms with Gasteiger partial charge in [0.15, 0.2) is 0 Å². The zero-order valence-corrected chi connectivity index (χ0v) is 14.1. The second kappa shape index (κ2) is 7.46. The minimum atomic E-state index is 0.0893. The quantitative estimate of drug-likeness (QED) is 0.716. The Balaban J connectivity index is 2.21. The van der Waals surface area contributed by atoms with Gasteiger partial charge in [0.1, 0.15) is 0 Å². The SMILES string of the molecule is CCCCc1ccc(C(NC)c2cc(Cl)sc2Cl)cc1. The van der Waals surface area contributed by atoms with Gasteiger partial charge in [0.05, 0.1) is 14.7 Å². The Labute approximate surface area is 134 Å². The summed E-state index contributed by atoms with van der Waals surface area (Å²) in [4.78, 5) is 0. The van der Waals surface area contributed by atoms with Crippen LogP contribution in [0, 0.1) is 0 Å². The average Bonchev–Trinajstić information content (AvgIpc) is 2.78. The van der Waals surface area contributed by atoms with Crippen LogP contribution in [0.5, 0.6) is 0 Å². The molecule has 1 unspecified atom stereocenters. The summed E-state index contributed by atoms with van der Waals surface area (Å²) in [5, 5.41) is 3.32. The summed E-state index contributed by atoms with van der Waals surface area (Å²) in [5.74, 6) is 0. The number of aryl methyl sites for hydroxylation is 1. The van der Waals surface area contributed by atoms with Gasteiger partial charge >= 0.3 is 0 Å². The Morgan fingerprint density at radius 3 is 2.40 bits per heavy atom. The average molecular weight is 328 g/mol. The van der Waals surface area contributed by atoms with Gasteiger partial charge in [-0.2, -0.15) is 0 Å². The molecule has 0 aliphatic heterocycles. The van der Waals surface area contributed by atoms with Crippen LogP contribution in [0.4, 0.5) is 0 Å². The first kappa shape index (κ1) is 15.8. The molecule has 4 heteroatoms. The molecular weight excluding hydrogens is 309 g/mol. The van der Waals surface area contributed by atoms with E-state index in [1.165, 1.54) is 35.3 Å². The molecule has 0 saturated heterocycles. The smallest absolute Gasteiger partial charge is 0.0995 e. The monoisotopic (exact) mass is 327 g/mol. The standard InChI is InChI=1S/C16H19Cl2NS/c1-3-4-5-11-6-8-12(9-7-11)15(19-2)13-10-14(17)20-16(13)18/h6-10,15,19H,3-5H2,1-2H3. The van der Waals surface area contributed by atoms with Gasteiger partial charge in [-0.1, -0.05) is 60.8 Å². The Morgan fingerprint density at radius 2 is 1.90 bits per heavy atom. The van der Waals surface area contributed by atoms with Crippen molar-refractivity contribution in [3.8, 4) is 0 Å². The highest BCUT2D eigenvalue weighted by atomic mass is 35.5. The number of halogens is 2. The van der Waals surface area contributed by atoms with E-state index >= 15 is 0 Å². The largest absolute Gasteiger partial charge is 0.309 e. The Bertz CT molecular complexity index is 548. The van der Waals surface area contributed by atoms with Crippen LogP contribution < -0.4 is 5.32 Å². The van der Waals surface area contributed by atoms with Crippen molar-refractivity contribution < 1.29 is 0 Å². The summed E-state index contributed by atoms with van der Waals surface area (Å²) in [6.45, 7) is 2.22. The zero-order chi connectivity index (χ0) is 14.5. The molecule has 1 aromatic carbocycles. The van der Waals surface area contributed by atoms with Gasteiger partial charge in [-0.25, -0.2) is 0 Å². The number of benzene rings is 1. The third-order valence-electron chi connectivity index (χ3n) is 3.41. The van der Waals surface area contributed by atoms with E-state index in [-0.39, 0.29) is 6.04 Å². The topological polar surface area (TPSA) is 12.0 Å². The lowest BCUT2D eigenvalue weighted by Gasteiger charge is -2.16. The van der Waals surface area contributed by atoms with Crippen LogP contribution in [0.2, 0.25) is 8.67 Å². The van der Waals surface area contributed by atoms with Crippen LogP contribution >= 0.6 is 34.5 Å². The van der Waals surface area contributed by atoms with Crippen molar-refractivity contribution >= 4 is 34.5 Å². The number of hydrogen-bond acceptors (Lipinski definition) is 2. The van der Waals surface area contributed by atoms with E-state index in [2.05, 4.69) is 36.5 Å². The lowest BCUT2D eigenvalue weighted by atomic mass is 9.99. The number of rotatable bonds is 6. The summed E-state index contributed by atoms with van der Waals surface area (Å²) in [6, 6.07) is 10.8. The molecule has 2 rings (SSSR count). The zero-order valence-electron chi connectivity index (χ0n) is 11.7. The second-order valence-corrected chi connectivity index (χ2v) is 7.13. The molecule has 1 nitrogen and oxygen atoms in total. The van der Waals surface area contributed by atoms with E-state index in [0.29, 0.717) is 0 Å². The van der Waals surface area contributed by atoms with Crippen LogP contribution in [0.1, 0.15) is 42.5 Å². The highest BCUT2D eigenvalue weighted by Crippen LogP contribution is 2.37. The van der Waals surface area contributed by atoms with E-state index in [1.54, 1.807) is 0 Å². The third kappa shape index (κ3) is 3.76. The van der Waals surface area contributed by atoms with Gasteiger partial charge in [-0.15, -0.1) is 11.3 Å². The maximum atomic E-state index is 6.26. The maximum Gasteiger partial charge on any atom is 0.0995 e. The maximum absolute atomic E-state index is 6.26. The lowest BCUT2D eigenvalue weighted by molar-refractivity contribution is 0.693. The Kier molecular flexibility index (Phi) is 5.91. The fraction of sp³-hybridized carbons (Fsp3) is 0.375. The summed E-state index contributed by atoms with van der Waals surface area (Å²) in [6.07, 6.45) is 3.61. The normalized spacial score (nSPS) is 12.6. The third-order valence-corrected chi connectivity index (χ3v) is 4.93. The van der Waals surface area contributed by atoms with Crippen LogP contribution in [0.25, 0.3) is 0 Å². The summed E-state index contributed by atoms with van der Waals surface area (Å²) < 4.78 is 1.48. The molecule has 0 aliphatic rings. The van der Waals surface area contributed by atoms with Crippen LogP contribution in [-0.4, -0.2) is 7.05 Å². The number of hydrogen-bond donors (Lipinski definition) is 1. The van der Waals surface area contributed by atoms with E-state index in [1.807, 2.05) is 13.1 Å². The molecule has 0 aliphatic carbocycles. The summed E-state index contributed by atoms with van der Waals surface area (Å²) in [5.41, 5.74) is 3.65. The second-order valence-electron chi connectivity index (χ2n) is 4.85. The molecule has 1 heterocycles. The first-order chi connectivity index (χ1) is 9.65. The van der Waals surface area contributed by atoms with Crippen LogP contribution in [-0.2, 0) is 6.42 Å². The van der Waals surface area contributed by atoms with Gasteiger partial charge in [-0.3, -0.25) is 0 Å². The van der Waals surface area contributed by atoms with Crippen molar-refractivity contribution in [2.24, 2.45) is 0 Å². The van der Waals surface area contributed by atoms with Gasteiger partial charge in [0.2, 0.25) is 0 Å². The molecular formula is C16H19Cl2NS. The van der Waals surface area contributed by atoms with Crippen molar-refractivity contribution in [3.63, 3.8) is 0 Å². The molecule has 108 valence electrons. The van der Waals surface area contributed by atoms with E-state index in [0.717, 1.165) is 20.7 Å². The van der Waals surface area contributed by atoms with E-state index in [9.17, 15) is 0 Å². The fourth-order valence-electron chi connectivity index (χ4n) is 2.31. The molecule has 0 saturated carbocycles. The molecule has 0 bridgehead atoms. The minimum absolute atomic E-state index is 0.0893. The van der Waals surface area contributed by atoms with Gasteiger partial charge in [-0.05, 0) is 37.1 Å². The number of unbranched alkanes of at least 4 members (excludes halogenated alkanes) is 1. The van der Waals surface area contributed by atoms with Crippen molar-refractivity contribution in [1.29, 1.82) is 0 Å². The summed E-state index contributed by atoms with van der Waals surface area (Å²) >= 11 is 13.7. The fourth-order valence-corrected chi connectivity index (χ4v) is 3.84. The van der Waals surface area contributed by atoms with Crippen molar-refractivity contribution in [3.05, 3.63) is 55.7 Å². The van der Waals surface area contributed by atoms with Gasteiger partial charge < -0.3 is 5.32 Å². The van der Waals surface area contributed by atoms with Crippen molar-refractivity contribution in [1.82, 2.24) is 5.32 Å². The first-order valence-electron chi connectivity index (χ1n) is 6.86. The van der Waals surface area contributed by atoms with Crippen LogP contribution in [0.15, 0.2) is 30.3 Å². The highest BCUT2D eigenvalue weighted by Gasteiger charge is 2.17. The molecule has 0 radical (unpaired) electrons. The Hall–Kier alpha value is -0.540. The summed E-state index contributed by atoms with van der Waals surface area (Å²) in [7, 11) is 1.94.